The molecule has 2 aromatic carbocycles. The van der Waals surface area contributed by atoms with Crippen LogP contribution in [0.5, 0.6) is 0 Å². The van der Waals surface area contributed by atoms with Crippen LogP contribution in [0.4, 0.5) is 4.39 Å². The van der Waals surface area contributed by atoms with Crippen molar-refractivity contribution in [3.63, 3.8) is 0 Å². The second-order valence-electron chi connectivity index (χ2n) is 6.97. The number of fused-ring (bicyclic) bond motifs is 1. The van der Waals surface area contributed by atoms with Crippen molar-refractivity contribution in [2.75, 3.05) is 19.6 Å². The first-order valence-corrected chi connectivity index (χ1v) is 9.68. The van der Waals surface area contributed by atoms with E-state index in [-0.39, 0.29) is 42.2 Å². The van der Waals surface area contributed by atoms with E-state index in [1.807, 2.05) is 30.0 Å². The summed E-state index contributed by atoms with van der Waals surface area (Å²) in [7, 11) is 0. The highest BCUT2D eigenvalue weighted by molar-refractivity contribution is 14.0. The highest BCUT2D eigenvalue weighted by Crippen LogP contribution is 2.18. The summed E-state index contributed by atoms with van der Waals surface area (Å²) in [5, 5.41) is 6.22. The largest absolute Gasteiger partial charge is 0.357 e. The molecular formula is C22H28FIN4O. The van der Waals surface area contributed by atoms with E-state index in [9.17, 15) is 9.18 Å². The third kappa shape index (κ3) is 6.42. The van der Waals surface area contributed by atoms with Crippen LogP contribution in [-0.4, -0.2) is 36.4 Å². The maximum absolute atomic E-state index is 13.7. The number of amides is 1. The quantitative estimate of drug-likeness (QED) is 0.369. The molecule has 0 saturated heterocycles. The number of aliphatic imine (C=N–C) groups is 1. The Morgan fingerprint density at radius 1 is 1.17 bits per heavy atom. The molecule has 156 valence electrons. The highest BCUT2D eigenvalue weighted by Gasteiger charge is 2.20. The zero-order valence-electron chi connectivity index (χ0n) is 16.9. The summed E-state index contributed by atoms with van der Waals surface area (Å²) in [4.78, 5) is 18.9. The van der Waals surface area contributed by atoms with Gasteiger partial charge in [0.25, 0.3) is 0 Å². The summed E-state index contributed by atoms with van der Waals surface area (Å²) in [5.41, 5.74) is 3.94. The fraction of sp³-hybridized carbons (Fsp3) is 0.364. The minimum absolute atomic E-state index is 0. The zero-order valence-corrected chi connectivity index (χ0v) is 19.2. The monoisotopic (exact) mass is 510 g/mol. The summed E-state index contributed by atoms with van der Waals surface area (Å²) in [6.45, 7) is 6.28. The van der Waals surface area contributed by atoms with Crippen LogP contribution in [0.3, 0.4) is 0 Å². The van der Waals surface area contributed by atoms with Gasteiger partial charge in [-0.3, -0.25) is 4.79 Å². The highest BCUT2D eigenvalue weighted by atomic mass is 127. The third-order valence-corrected chi connectivity index (χ3v) is 4.89. The molecule has 2 aromatic rings. The zero-order chi connectivity index (χ0) is 19.9. The van der Waals surface area contributed by atoms with E-state index in [2.05, 4.69) is 27.8 Å². The number of halogens is 2. The van der Waals surface area contributed by atoms with Gasteiger partial charge in [-0.25, -0.2) is 9.38 Å². The van der Waals surface area contributed by atoms with Crippen molar-refractivity contribution in [1.82, 2.24) is 15.5 Å². The molecule has 0 saturated carbocycles. The molecule has 0 spiro atoms. The molecule has 1 heterocycles. The van der Waals surface area contributed by atoms with Crippen LogP contribution in [-0.2, 0) is 24.3 Å². The van der Waals surface area contributed by atoms with E-state index in [1.165, 1.54) is 17.2 Å². The number of hydrogen-bond donors (Lipinski definition) is 2. The second-order valence-corrected chi connectivity index (χ2v) is 6.97. The molecule has 29 heavy (non-hydrogen) atoms. The van der Waals surface area contributed by atoms with E-state index in [1.54, 1.807) is 13.0 Å². The molecule has 3 rings (SSSR count). The van der Waals surface area contributed by atoms with Crippen LogP contribution < -0.4 is 10.6 Å². The van der Waals surface area contributed by atoms with Gasteiger partial charge in [-0.2, -0.15) is 0 Å². The second kappa shape index (κ2) is 11.1. The van der Waals surface area contributed by atoms with E-state index in [0.29, 0.717) is 31.2 Å². The third-order valence-electron chi connectivity index (χ3n) is 4.89. The average Bonchev–Trinajstić information content (AvgIpc) is 2.72. The number of benzene rings is 2. The van der Waals surface area contributed by atoms with Crippen molar-refractivity contribution < 1.29 is 9.18 Å². The van der Waals surface area contributed by atoms with Gasteiger partial charge in [0.2, 0.25) is 5.91 Å². The molecule has 1 aliphatic heterocycles. The maximum Gasteiger partial charge on any atom is 0.242 e. The molecule has 7 heteroatoms. The van der Waals surface area contributed by atoms with Crippen molar-refractivity contribution in [1.29, 1.82) is 0 Å². The van der Waals surface area contributed by atoms with Crippen LogP contribution in [0.1, 0.15) is 29.2 Å². The minimum atomic E-state index is -0.230. The average molecular weight is 510 g/mol. The maximum atomic E-state index is 13.7. The Labute approximate surface area is 188 Å². The van der Waals surface area contributed by atoms with E-state index < -0.39 is 0 Å². The Balaban J connectivity index is 0.00000300. The number of nitrogens with one attached hydrogen (secondary N) is 2. The molecule has 0 radical (unpaired) electrons. The normalized spacial score (nSPS) is 13.3. The Kier molecular flexibility index (Phi) is 8.88. The first kappa shape index (κ1) is 23.1. The smallest absolute Gasteiger partial charge is 0.242 e. The fourth-order valence-corrected chi connectivity index (χ4v) is 3.23. The van der Waals surface area contributed by atoms with E-state index >= 15 is 0 Å². The summed E-state index contributed by atoms with van der Waals surface area (Å²) in [6.07, 6.45) is 0.884. The summed E-state index contributed by atoms with van der Waals surface area (Å²) in [5.74, 6) is 0.363. The van der Waals surface area contributed by atoms with Gasteiger partial charge in [-0.05, 0) is 48.6 Å². The number of carbonyl (C=O) groups excluding carboxylic acids is 1. The number of carbonyl (C=O) groups is 1. The molecule has 0 atom stereocenters. The molecular weight excluding hydrogens is 482 g/mol. The lowest BCUT2D eigenvalue weighted by atomic mass is 10.00. The lowest BCUT2D eigenvalue weighted by Crippen LogP contribution is -2.45. The van der Waals surface area contributed by atoms with Gasteiger partial charge in [-0.1, -0.05) is 36.4 Å². The Bertz CT molecular complexity index is 872. The molecule has 0 bridgehead atoms. The van der Waals surface area contributed by atoms with Crippen LogP contribution in [0, 0.1) is 12.7 Å². The molecule has 2 N–H and O–H groups in total. The van der Waals surface area contributed by atoms with Gasteiger partial charge in [0.1, 0.15) is 5.82 Å². The van der Waals surface area contributed by atoms with Crippen LogP contribution in [0.15, 0.2) is 47.5 Å². The van der Waals surface area contributed by atoms with Gasteiger partial charge in [0, 0.05) is 19.6 Å². The summed E-state index contributed by atoms with van der Waals surface area (Å²) < 4.78 is 13.7. The standard InChI is InChI=1S/C22H27FN4O.HI/c1-3-24-22(25-13-17-9-8-16(2)20(23)12-17)26-14-21(28)27-11-10-18-6-4-5-7-19(18)15-27;/h4-9,12H,3,10-11,13-15H2,1-2H3,(H2,24,25,26);1H. The fourth-order valence-electron chi connectivity index (χ4n) is 3.23. The van der Waals surface area contributed by atoms with Crippen molar-refractivity contribution in [2.45, 2.75) is 33.4 Å². The summed E-state index contributed by atoms with van der Waals surface area (Å²) in [6, 6.07) is 13.4. The minimum Gasteiger partial charge on any atom is -0.357 e. The molecule has 0 aromatic heterocycles. The number of nitrogens with zero attached hydrogens (tertiary/aromatic N) is 2. The van der Waals surface area contributed by atoms with Crippen molar-refractivity contribution in [2.24, 2.45) is 4.99 Å². The van der Waals surface area contributed by atoms with Crippen molar-refractivity contribution in [3.05, 3.63) is 70.5 Å². The van der Waals surface area contributed by atoms with Crippen LogP contribution >= 0.6 is 24.0 Å². The summed E-state index contributed by atoms with van der Waals surface area (Å²) >= 11 is 0. The number of hydrogen-bond acceptors (Lipinski definition) is 2. The topological polar surface area (TPSA) is 56.7 Å². The molecule has 5 nitrogen and oxygen atoms in total. The van der Waals surface area contributed by atoms with Crippen LogP contribution in [0.25, 0.3) is 0 Å². The number of guanidine groups is 1. The Morgan fingerprint density at radius 3 is 2.66 bits per heavy atom. The van der Waals surface area contributed by atoms with Gasteiger partial charge in [-0.15, -0.1) is 24.0 Å². The molecule has 1 aliphatic rings. The van der Waals surface area contributed by atoms with E-state index in [0.717, 1.165) is 18.5 Å². The van der Waals surface area contributed by atoms with Gasteiger partial charge in [0.15, 0.2) is 5.96 Å². The lowest BCUT2D eigenvalue weighted by Gasteiger charge is -2.29. The first-order valence-electron chi connectivity index (χ1n) is 9.68. The SMILES string of the molecule is CCNC(=NCc1ccc(C)c(F)c1)NCC(=O)N1CCc2ccccc2C1.I. The van der Waals surface area contributed by atoms with Crippen LogP contribution in [0.2, 0.25) is 0 Å². The molecule has 1 amide bonds. The molecule has 0 unspecified atom stereocenters. The molecule has 0 fully saturated rings. The van der Waals surface area contributed by atoms with Gasteiger partial charge >= 0.3 is 0 Å². The van der Waals surface area contributed by atoms with Gasteiger partial charge < -0.3 is 15.5 Å². The lowest BCUT2D eigenvalue weighted by molar-refractivity contribution is -0.130. The van der Waals surface area contributed by atoms with E-state index in [4.69, 9.17) is 0 Å². The Morgan fingerprint density at radius 2 is 1.93 bits per heavy atom. The Hall–Kier alpha value is -2.16. The predicted octanol–water partition coefficient (Wildman–Crippen LogP) is 3.39. The van der Waals surface area contributed by atoms with Gasteiger partial charge in [0.05, 0.1) is 13.1 Å². The predicted molar refractivity (Wildman–Crippen MR) is 125 cm³/mol. The number of aryl methyl sites for hydroxylation is 1. The molecule has 0 aliphatic carbocycles. The first-order chi connectivity index (χ1) is 13.6. The van der Waals surface area contributed by atoms with Crippen molar-refractivity contribution in [3.8, 4) is 0 Å². The van der Waals surface area contributed by atoms with Crippen molar-refractivity contribution >= 4 is 35.8 Å². The number of rotatable bonds is 5.